The molecule has 3 aromatic heterocycles. The highest BCUT2D eigenvalue weighted by Gasteiger charge is 2.48. The lowest BCUT2D eigenvalue weighted by molar-refractivity contribution is -0.173. The van der Waals surface area contributed by atoms with Gasteiger partial charge >= 0.3 is 6.18 Å². The van der Waals surface area contributed by atoms with E-state index in [-0.39, 0.29) is 29.4 Å². The van der Waals surface area contributed by atoms with Crippen molar-refractivity contribution in [1.29, 1.82) is 0 Å². The third kappa shape index (κ3) is 3.26. The Morgan fingerprint density at radius 2 is 2.00 bits per heavy atom. The average Bonchev–Trinajstić information content (AvgIpc) is 3.37. The molecular weight excluding hydrogens is 484 g/mol. The molecule has 2 N–H and O–H groups in total. The zero-order valence-electron chi connectivity index (χ0n) is 18.9. The molecule has 1 saturated heterocycles. The first-order valence-electron chi connectivity index (χ1n) is 11.0. The van der Waals surface area contributed by atoms with Gasteiger partial charge in [-0.1, -0.05) is 0 Å². The highest BCUT2D eigenvalue weighted by atomic mass is 19.4. The summed E-state index contributed by atoms with van der Waals surface area (Å²) >= 11 is 0. The first kappa shape index (κ1) is 22.5. The lowest BCUT2D eigenvalue weighted by Crippen LogP contribution is -2.51. The molecule has 0 spiro atoms. The third-order valence-electron chi connectivity index (χ3n) is 6.42. The van der Waals surface area contributed by atoms with E-state index in [0.29, 0.717) is 28.3 Å². The fraction of sp³-hybridized carbons (Fsp3) is 0.304. The van der Waals surface area contributed by atoms with Gasteiger partial charge < -0.3 is 20.1 Å². The molecule has 0 aliphatic carbocycles. The van der Waals surface area contributed by atoms with Crippen molar-refractivity contribution in [3.05, 3.63) is 59.1 Å². The third-order valence-corrected chi connectivity index (χ3v) is 6.42. The molecule has 3 atom stereocenters. The van der Waals surface area contributed by atoms with Crippen LogP contribution in [0.15, 0.2) is 30.7 Å². The Kier molecular flexibility index (Phi) is 4.68. The van der Waals surface area contributed by atoms with Crippen molar-refractivity contribution in [2.75, 3.05) is 12.3 Å². The van der Waals surface area contributed by atoms with Crippen LogP contribution in [0.1, 0.15) is 40.3 Å². The molecular formula is C23H18F4N6O3. The van der Waals surface area contributed by atoms with Gasteiger partial charge in [-0.05, 0) is 32.0 Å². The summed E-state index contributed by atoms with van der Waals surface area (Å²) in [6.45, 7) is 3.57. The number of pyridine rings is 1. The number of rotatable bonds is 1. The predicted octanol–water partition coefficient (Wildman–Crippen LogP) is 3.65. The molecule has 1 aromatic carbocycles. The fourth-order valence-corrected chi connectivity index (χ4v) is 4.84. The topological polar surface area (TPSA) is 108 Å². The number of carbonyl (C=O) groups is 1. The van der Waals surface area contributed by atoms with Gasteiger partial charge in [0.1, 0.15) is 40.7 Å². The first-order valence-corrected chi connectivity index (χ1v) is 11.0. The van der Waals surface area contributed by atoms with E-state index in [9.17, 15) is 22.4 Å². The fourth-order valence-electron chi connectivity index (χ4n) is 4.84. The Bertz CT molecular complexity index is 1570. The number of alkyl halides is 3. The SMILES string of the molecule is Cc1ncn2c1c(N)nc1cnc(C(=O)N3C[C@H](C)O[C@@H]4Oc5cc(C(F)(F)F)c(F)cc5[C@@H]43)cc12. The maximum absolute atomic E-state index is 14.4. The van der Waals surface area contributed by atoms with Crippen molar-refractivity contribution in [3.63, 3.8) is 0 Å². The number of fused-ring (bicyclic) bond motifs is 6. The first-order chi connectivity index (χ1) is 17.0. The Hall–Kier alpha value is -4.00. The number of carbonyl (C=O) groups excluding carboxylic acids is 1. The monoisotopic (exact) mass is 502 g/mol. The number of hydrogen-bond acceptors (Lipinski definition) is 7. The molecule has 1 fully saturated rings. The maximum atomic E-state index is 14.4. The normalized spacial score (nSPS) is 21.5. The highest BCUT2D eigenvalue weighted by Crippen LogP contribution is 2.47. The number of aromatic nitrogens is 4. The Morgan fingerprint density at radius 1 is 1.22 bits per heavy atom. The van der Waals surface area contributed by atoms with Crippen LogP contribution in [-0.4, -0.2) is 49.1 Å². The number of amides is 1. The summed E-state index contributed by atoms with van der Waals surface area (Å²) in [7, 11) is 0. The molecule has 5 heterocycles. The van der Waals surface area contributed by atoms with Crippen LogP contribution in [0.2, 0.25) is 0 Å². The maximum Gasteiger partial charge on any atom is 0.419 e. The van der Waals surface area contributed by atoms with Crippen molar-refractivity contribution in [1.82, 2.24) is 24.3 Å². The summed E-state index contributed by atoms with van der Waals surface area (Å²) in [5.41, 5.74) is 6.99. The quantitative estimate of drug-likeness (QED) is 0.396. The van der Waals surface area contributed by atoms with E-state index >= 15 is 0 Å². The van der Waals surface area contributed by atoms with Crippen molar-refractivity contribution in [2.45, 2.75) is 38.5 Å². The average molecular weight is 502 g/mol. The van der Waals surface area contributed by atoms with Crippen LogP contribution in [0.4, 0.5) is 23.4 Å². The van der Waals surface area contributed by atoms with E-state index in [0.717, 1.165) is 6.07 Å². The van der Waals surface area contributed by atoms with Crippen molar-refractivity contribution in [2.24, 2.45) is 0 Å². The predicted molar refractivity (Wildman–Crippen MR) is 118 cm³/mol. The molecule has 6 rings (SSSR count). The van der Waals surface area contributed by atoms with Gasteiger partial charge in [-0.3, -0.25) is 9.20 Å². The van der Waals surface area contributed by atoms with Gasteiger partial charge in [-0.15, -0.1) is 0 Å². The zero-order valence-corrected chi connectivity index (χ0v) is 18.9. The number of halogens is 4. The largest absolute Gasteiger partial charge is 0.462 e. The number of ether oxygens (including phenoxy) is 2. The lowest BCUT2D eigenvalue weighted by Gasteiger charge is -2.39. The van der Waals surface area contributed by atoms with E-state index in [1.807, 2.05) is 0 Å². The number of benzene rings is 1. The molecule has 0 bridgehead atoms. The second-order valence-electron chi connectivity index (χ2n) is 8.81. The summed E-state index contributed by atoms with van der Waals surface area (Å²) < 4.78 is 67.1. The van der Waals surface area contributed by atoms with E-state index in [1.165, 1.54) is 17.2 Å². The minimum atomic E-state index is -4.90. The summed E-state index contributed by atoms with van der Waals surface area (Å²) in [6.07, 6.45) is -3.53. The molecule has 9 nitrogen and oxygen atoms in total. The number of aryl methyl sites for hydroxylation is 1. The number of morpholine rings is 1. The van der Waals surface area contributed by atoms with Crippen LogP contribution >= 0.6 is 0 Å². The number of nitrogens with zero attached hydrogens (tertiary/aromatic N) is 5. The number of imidazole rings is 1. The molecule has 13 heteroatoms. The Balaban J connectivity index is 1.44. The van der Waals surface area contributed by atoms with Crippen molar-refractivity contribution < 1.29 is 31.8 Å². The molecule has 4 aromatic rings. The van der Waals surface area contributed by atoms with Crippen LogP contribution in [0, 0.1) is 12.7 Å². The van der Waals surface area contributed by atoms with Crippen LogP contribution < -0.4 is 10.5 Å². The second-order valence-corrected chi connectivity index (χ2v) is 8.81. The van der Waals surface area contributed by atoms with E-state index in [4.69, 9.17) is 15.2 Å². The highest BCUT2D eigenvalue weighted by molar-refractivity contribution is 5.96. The van der Waals surface area contributed by atoms with Crippen LogP contribution in [0.25, 0.3) is 16.6 Å². The molecule has 0 unspecified atom stereocenters. The van der Waals surface area contributed by atoms with Gasteiger partial charge in [0.2, 0.25) is 6.29 Å². The Labute approximate surface area is 200 Å². The molecule has 2 aliphatic heterocycles. The number of nitrogens with two attached hydrogens (primary N) is 1. The molecule has 2 aliphatic rings. The summed E-state index contributed by atoms with van der Waals surface area (Å²) in [5.74, 6) is -1.90. The smallest absolute Gasteiger partial charge is 0.419 e. The number of nitrogen functional groups attached to an aromatic ring is 1. The van der Waals surface area contributed by atoms with Gasteiger partial charge in [0.25, 0.3) is 5.91 Å². The number of hydrogen-bond donors (Lipinski definition) is 1. The summed E-state index contributed by atoms with van der Waals surface area (Å²) in [6, 6.07) is 1.93. The molecule has 1 amide bonds. The molecule has 0 saturated carbocycles. The van der Waals surface area contributed by atoms with Crippen molar-refractivity contribution >= 4 is 28.3 Å². The minimum absolute atomic E-state index is 0.0513. The second kappa shape index (κ2) is 7.50. The summed E-state index contributed by atoms with van der Waals surface area (Å²) in [4.78, 5) is 27.9. The van der Waals surface area contributed by atoms with Crippen LogP contribution in [0.5, 0.6) is 5.75 Å². The van der Waals surface area contributed by atoms with Gasteiger partial charge in [0.15, 0.2) is 5.82 Å². The molecule has 36 heavy (non-hydrogen) atoms. The van der Waals surface area contributed by atoms with Crippen molar-refractivity contribution in [3.8, 4) is 5.75 Å². The molecule has 186 valence electrons. The van der Waals surface area contributed by atoms with Crippen LogP contribution in [-0.2, 0) is 10.9 Å². The standard InChI is InChI=1S/C23H18F4N6O3/c1-9-7-32(19-11-3-13(24)12(23(25,26)27)4-17(11)36-22(19)35-9)21(34)14-5-16-15(6-29-14)31-20(28)18-10(2)30-8-33(16)18/h3-6,8-9,19,22H,7H2,1-2H3,(H2,28,31)/t9-,19-,22+/m0/s1. The Morgan fingerprint density at radius 3 is 2.75 bits per heavy atom. The van der Waals surface area contributed by atoms with E-state index in [2.05, 4.69) is 15.0 Å². The summed E-state index contributed by atoms with van der Waals surface area (Å²) in [5, 5.41) is 0. The van der Waals surface area contributed by atoms with Gasteiger partial charge in [0, 0.05) is 12.1 Å². The lowest BCUT2D eigenvalue weighted by atomic mass is 10.0. The van der Waals surface area contributed by atoms with Gasteiger partial charge in [-0.25, -0.2) is 19.3 Å². The van der Waals surface area contributed by atoms with E-state index in [1.54, 1.807) is 24.6 Å². The zero-order chi connectivity index (χ0) is 25.5. The van der Waals surface area contributed by atoms with E-state index < -0.39 is 41.9 Å². The minimum Gasteiger partial charge on any atom is -0.462 e. The molecule has 0 radical (unpaired) electrons. The van der Waals surface area contributed by atoms with Gasteiger partial charge in [-0.2, -0.15) is 13.2 Å². The number of anilines is 1. The van der Waals surface area contributed by atoms with Crippen LogP contribution in [0.3, 0.4) is 0 Å². The van der Waals surface area contributed by atoms with Gasteiger partial charge in [0.05, 0.1) is 29.1 Å².